The molecular weight excluding hydrogens is 212 g/mol. The van der Waals surface area contributed by atoms with Crippen LogP contribution in [0.25, 0.3) is 0 Å². The van der Waals surface area contributed by atoms with Crippen LogP contribution in [0.15, 0.2) is 12.3 Å². The molecule has 0 spiro atoms. The van der Waals surface area contributed by atoms with Gasteiger partial charge in [0.05, 0.1) is 5.69 Å². The minimum Gasteiger partial charge on any atom is -0.328 e. The van der Waals surface area contributed by atoms with E-state index in [1.807, 2.05) is 6.20 Å². The third-order valence-corrected chi connectivity index (χ3v) is 3.58. The van der Waals surface area contributed by atoms with Crippen molar-refractivity contribution >= 4 is 0 Å². The molecule has 1 fully saturated rings. The van der Waals surface area contributed by atoms with E-state index in [-0.39, 0.29) is 0 Å². The highest BCUT2D eigenvalue weighted by Crippen LogP contribution is 2.17. The summed E-state index contributed by atoms with van der Waals surface area (Å²) < 4.78 is 2.10. The Morgan fingerprint density at radius 2 is 2.18 bits per heavy atom. The molecule has 0 unspecified atom stereocenters. The van der Waals surface area contributed by atoms with Gasteiger partial charge in [0.15, 0.2) is 0 Å². The van der Waals surface area contributed by atoms with E-state index in [4.69, 9.17) is 5.73 Å². The molecular formula is C13H24N4. The van der Waals surface area contributed by atoms with Crippen LogP contribution in [0.5, 0.6) is 0 Å². The maximum Gasteiger partial charge on any atom is 0.0522 e. The van der Waals surface area contributed by atoms with Crippen LogP contribution in [0.4, 0.5) is 0 Å². The van der Waals surface area contributed by atoms with Crippen LogP contribution < -0.4 is 11.1 Å². The zero-order valence-corrected chi connectivity index (χ0v) is 10.7. The van der Waals surface area contributed by atoms with Gasteiger partial charge in [-0.25, -0.2) is 0 Å². The summed E-state index contributed by atoms with van der Waals surface area (Å²) in [4.78, 5) is 0. The lowest BCUT2D eigenvalue weighted by Gasteiger charge is -2.27. The van der Waals surface area contributed by atoms with Crippen LogP contribution in [0.3, 0.4) is 0 Å². The van der Waals surface area contributed by atoms with Crippen LogP contribution in [0.2, 0.25) is 0 Å². The molecule has 1 aliphatic carbocycles. The number of nitrogens with two attached hydrogens (primary N) is 1. The number of aromatic nitrogens is 2. The van der Waals surface area contributed by atoms with Crippen molar-refractivity contribution in [3.63, 3.8) is 0 Å². The molecule has 0 saturated heterocycles. The summed E-state index contributed by atoms with van der Waals surface area (Å²) in [5.41, 5.74) is 7.20. The highest BCUT2D eigenvalue weighted by Gasteiger charge is 2.18. The first kappa shape index (κ1) is 12.6. The van der Waals surface area contributed by atoms with Gasteiger partial charge >= 0.3 is 0 Å². The summed E-state index contributed by atoms with van der Waals surface area (Å²) in [5.74, 6) is 0. The highest BCUT2D eigenvalue weighted by atomic mass is 15.3. The fourth-order valence-electron chi connectivity index (χ4n) is 2.50. The van der Waals surface area contributed by atoms with E-state index in [2.05, 4.69) is 28.1 Å². The molecule has 0 aromatic carbocycles. The van der Waals surface area contributed by atoms with E-state index < -0.39 is 0 Å². The van der Waals surface area contributed by atoms with Crippen LogP contribution >= 0.6 is 0 Å². The summed E-state index contributed by atoms with van der Waals surface area (Å²) in [5, 5.41) is 7.97. The standard InChI is InChI=1S/C13H24N4/c1-2-9-17-13(7-8-16-17)10-15-12-5-3-11(14)4-6-12/h7-8,11-12,15H,2-6,9-10,14H2,1H3. The summed E-state index contributed by atoms with van der Waals surface area (Å²) in [6.07, 6.45) is 7.76. The second-order valence-corrected chi connectivity index (χ2v) is 5.04. The SMILES string of the molecule is CCCn1nccc1CNC1CCC(N)CC1. The number of nitrogens with zero attached hydrogens (tertiary/aromatic N) is 2. The second kappa shape index (κ2) is 6.17. The van der Waals surface area contributed by atoms with Crippen molar-refractivity contribution in [3.8, 4) is 0 Å². The summed E-state index contributed by atoms with van der Waals surface area (Å²) in [6, 6.07) is 3.18. The number of rotatable bonds is 5. The Balaban J connectivity index is 1.79. The Labute approximate surface area is 104 Å². The molecule has 4 nitrogen and oxygen atoms in total. The quantitative estimate of drug-likeness (QED) is 0.817. The molecule has 1 heterocycles. The fourth-order valence-corrected chi connectivity index (χ4v) is 2.50. The van der Waals surface area contributed by atoms with Crippen molar-refractivity contribution in [2.24, 2.45) is 5.73 Å². The lowest BCUT2D eigenvalue weighted by atomic mass is 9.92. The van der Waals surface area contributed by atoms with E-state index in [0.29, 0.717) is 12.1 Å². The molecule has 1 aromatic heterocycles. The van der Waals surface area contributed by atoms with Crippen LogP contribution in [0, 0.1) is 0 Å². The molecule has 17 heavy (non-hydrogen) atoms. The molecule has 96 valence electrons. The summed E-state index contributed by atoms with van der Waals surface area (Å²) >= 11 is 0. The maximum absolute atomic E-state index is 5.91. The van der Waals surface area contributed by atoms with E-state index in [9.17, 15) is 0 Å². The first-order valence-corrected chi connectivity index (χ1v) is 6.79. The van der Waals surface area contributed by atoms with Crippen molar-refractivity contribution in [3.05, 3.63) is 18.0 Å². The van der Waals surface area contributed by atoms with Crippen LogP contribution in [-0.2, 0) is 13.1 Å². The van der Waals surface area contributed by atoms with Crippen molar-refractivity contribution in [1.82, 2.24) is 15.1 Å². The van der Waals surface area contributed by atoms with Gasteiger partial charge in [0.2, 0.25) is 0 Å². The molecule has 1 aromatic rings. The smallest absolute Gasteiger partial charge is 0.0522 e. The Bertz CT molecular complexity index is 326. The van der Waals surface area contributed by atoms with Crippen molar-refractivity contribution < 1.29 is 0 Å². The van der Waals surface area contributed by atoms with Gasteiger partial charge in [-0.05, 0) is 38.2 Å². The number of nitrogens with one attached hydrogen (secondary N) is 1. The average molecular weight is 236 g/mol. The predicted octanol–water partition coefficient (Wildman–Crippen LogP) is 1.65. The van der Waals surface area contributed by atoms with E-state index in [1.165, 1.54) is 18.5 Å². The molecule has 4 heteroatoms. The zero-order chi connectivity index (χ0) is 12.1. The van der Waals surface area contributed by atoms with Gasteiger partial charge in [0.25, 0.3) is 0 Å². The number of hydrogen-bond donors (Lipinski definition) is 2. The van der Waals surface area contributed by atoms with Crippen molar-refractivity contribution in [1.29, 1.82) is 0 Å². The Kier molecular flexibility index (Phi) is 4.57. The molecule has 1 aliphatic rings. The Hall–Kier alpha value is -0.870. The van der Waals surface area contributed by atoms with Gasteiger partial charge in [-0.3, -0.25) is 4.68 Å². The van der Waals surface area contributed by atoms with Gasteiger partial charge in [-0.1, -0.05) is 6.92 Å². The van der Waals surface area contributed by atoms with Crippen molar-refractivity contribution in [2.75, 3.05) is 0 Å². The molecule has 2 rings (SSSR count). The Morgan fingerprint density at radius 1 is 1.41 bits per heavy atom. The highest BCUT2D eigenvalue weighted by molar-refractivity contribution is 5.00. The molecule has 0 bridgehead atoms. The van der Waals surface area contributed by atoms with Crippen molar-refractivity contribution in [2.45, 2.75) is 64.2 Å². The van der Waals surface area contributed by atoms with Gasteiger partial charge < -0.3 is 11.1 Å². The minimum atomic E-state index is 0.429. The molecule has 0 radical (unpaired) electrons. The van der Waals surface area contributed by atoms with Crippen LogP contribution in [-0.4, -0.2) is 21.9 Å². The molecule has 0 aliphatic heterocycles. The number of hydrogen-bond acceptors (Lipinski definition) is 3. The predicted molar refractivity (Wildman–Crippen MR) is 69.6 cm³/mol. The second-order valence-electron chi connectivity index (χ2n) is 5.04. The minimum absolute atomic E-state index is 0.429. The summed E-state index contributed by atoms with van der Waals surface area (Å²) in [7, 11) is 0. The molecule has 0 amide bonds. The van der Waals surface area contributed by atoms with E-state index >= 15 is 0 Å². The molecule has 1 saturated carbocycles. The first-order valence-electron chi connectivity index (χ1n) is 6.79. The van der Waals surface area contributed by atoms with E-state index in [1.54, 1.807) is 0 Å². The summed E-state index contributed by atoms with van der Waals surface area (Å²) in [6.45, 7) is 4.13. The Morgan fingerprint density at radius 3 is 2.88 bits per heavy atom. The van der Waals surface area contributed by atoms with Gasteiger partial charge in [-0.15, -0.1) is 0 Å². The fraction of sp³-hybridized carbons (Fsp3) is 0.769. The third-order valence-electron chi connectivity index (χ3n) is 3.58. The average Bonchev–Trinajstić information content (AvgIpc) is 2.77. The van der Waals surface area contributed by atoms with Gasteiger partial charge in [0.1, 0.15) is 0 Å². The molecule has 0 atom stereocenters. The molecule has 3 N–H and O–H groups in total. The lowest BCUT2D eigenvalue weighted by molar-refractivity contribution is 0.338. The van der Waals surface area contributed by atoms with Crippen LogP contribution in [0.1, 0.15) is 44.7 Å². The number of aryl methyl sites for hydroxylation is 1. The zero-order valence-electron chi connectivity index (χ0n) is 10.7. The van der Waals surface area contributed by atoms with E-state index in [0.717, 1.165) is 32.4 Å². The normalized spacial score (nSPS) is 25.1. The van der Waals surface area contributed by atoms with Gasteiger partial charge in [-0.2, -0.15) is 5.10 Å². The monoisotopic (exact) mass is 236 g/mol. The largest absolute Gasteiger partial charge is 0.328 e. The van der Waals surface area contributed by atoms with Gasteiger partial charge in [0, 0.05) is 31.4 Å². The maximum atomic E-state index is 5.91. The topological polar surface area (TPSA) is 55.9 Å². The third kappa shape index (κ3) is 3.54. The lowest BCUT2D eigenvalue weighted by Crippen LogP contribution is -2.37. The first-order chi connectivity index (χ1) is 8.29.